The van der Waals surface area contributed by atoms with Gasteiger partial charge in [-0.2, -0.15) is 0 Å². The van der Waals surface area contributed by atoms with Gasteiger partial charge >= 0.3 is 0 Å². The Bertz CT molecular complexity index is 555. The zero-order valence-electron chi connectivity index (χ0n) is 11.5. The van der Waals surface area contributed by atoms with Gasteiger partial charge in [-0.15, -0.1) is 0 Å². The molecule has 1 aromatic rings. The first-order chi connectivity index (χ1) is 9.70. The monoisotopic (exact) mass is 291 g/mol. The second kappa shape index (κ2) is 5.71. The zero-order chi connectivity index (χ0) is 14.1. The van der Waals surface area contributed by atoms with E-state index in [4.69, 9.17) is 22.9 Å². The van der Waals surface area contributed by atoms with E-state index in [2.05, 4.69) is 15.1 Å². The van der Waals surface area contributed by atoms with Gasteiger partial charge in [-0.1, -0.05) is 23.7 Å². The highest BCUT2D eigenvalue weighted by Gasteiger charge is 2.32. The van der Waals surface area contributed by atoms with Crippen LogP contribution in [0.1, 0.15) is 17.2 Å². The average molecular weight is 292 g/mol. The maximum atomic E-state index is 7.26. The summed E-state index contributed by atoms with van der Waals surface area (Å²) in [6, 6.07) is 4.29. The standard InChI is InChI=1S/C15H18ClN3O/c1-10-12(3-4-13(16)15(10)17-2)14-8-19-6-5-18-7-11(19)9-20-14/h3-4,11,14,18H,5-9H2,1H3/t11-,14-/m0/s1. The number of fused-ring (bicyclic) bond motifs is 1. The van der Waals surface area contributed by atoms with Crippen LogP contribution in [0.2, 0.25) is 5.02 Å². The molecule has 2 saturated heterocycles. The van der Waals surface area contributed by atoms with E-state index in [1.165, 1.54) is 0 Å². The van der Waals surface area contributed by atoms with Crippen molar-refractivity contribution in [3.63, 3.8) is 0 Å². The van der Waals surface area contributed by atoms with Crippen molar-refractivity contribution in [1.82, 2.24) is 10.2 Å². The molecular weight excluding hydrogens is 274 g/mol. The van der Waals surface area contributed by atoms with Gasteiger partial charge in [-0.25, -0.2) is 4.85 Å². The van der Waals surface area contributed by atoms with Gasteiger partial charge < -0.3 is 10.1 Å². The molecule has 2 heterocycles. The Balaban J connectivity index is 1.85. The lowest BCUT2D eigenvalue weighted by Gasteiger charge is -2.43. The third-order valence-corrected chi connectivity index (χ3v) is 4.55. The second-order valence-electron chi connectivity index (χ2n) is 5.40. The molecule has 106 valence electrons. The molecule has 0 unspecified atom stereocenters. The Morgan fingerprint density at radius 3 is 3.15 bits per heavy atom. The molecule has 20 heavy (non-hydrogen) atoms. The van der Waals surface area contributed by atoms with Gasteiger partial charge in [0.1, 0.15) is 0 Å². The van der Waals surface area contributed by atoms with E-state index in [9.17, 15) is 0 Å². The van der Waals surface area contributed by atoms with Crippen LogP contribution in [-0.4, -0.2) is 43.7 Å². The molecule has 5 heteroatoms. The summed E-state index contributed by atoms with van der Waals surface area (Å²) in [5, 5.41) is 3.92. The summed E-state index contributed by atoms with van der Waals surface area (Å²) in [4.78, 5) is 6.03. The Hall–Kier alpha value is -1.12. The van der Waals surface area contributed by atoms with Crippen LogP contribution in [0.25, 0.3) is 4.85 Å². The van der Waals surface area contributed by atoms with Crippen LogP contribution in [0.15, 0.2) is 12.1 Å². The largest absolute Gasteiger partial charge is 0.371 e. The maximum absolute atomic E-state index is 7.26. The molecule has 0 radical (unpaired) electrons. The molecule has 0 aliphatic carbocycles. The minimum atomic E-state index is 0.0436. The molecule has 0 amide bonds. The molecule has 1 N–H and O–H groups in total. The van der Waals surface area contributed by atoms with Crippen molar-refractivity contribution >= 4 is 17.3 Å². The van der Waals surface area contributed by atoms with Crippen molar-refractivity contribution in [2.45, 2.75) is 19.1 Å². The number of morpholine rings is 1. The Morgan fingerprint density at radius 2 is 2.35 bits per heavy atom. The van der Waals surface area contributed by atoms with Crippen LogP contribution >= 0.6 is 11.6 Å². The number of benzene rings is 1. The number of piperazine rings is 1. The Morgan fingerprint density at radius 1 is 1.50 bits per heavy atom. The zero-order valence-corrected chi connectivity index (χ0v) is 12.3. The minimum absolute atomic E-state index is 0.0436. The fourth-order valence-electron chi connectivity index (χ4n) is 3.06. The third kappa shape index (κ3) is 2.43. The van der Waals surface area contributed by atoms with Gasteiger partial charge in [-0.05, 0) is 18.1 Å². The highest BCUT2D eigenvalue weighted by Crippen LogP contribution is 2.36. The van der Waals surface area contributed by atoms with Crippen LogP contribution in [0.4, 0.5) is 5.69 Å². The highest BCUT2D eigenvalue weighted by molar-refractivity contribution is 6.33. The van der Waals surface area contributed by atoms with Gasteiger partial charge in [-0.3, -0.25) is 4.90 Å². The predicted molar refractivity (Wildman–Crippen MR) is 79.4 cm³/mol. The molecule has 2 fully saturated rings. The summed E-state index contributed by atoms with van der Waals surface area (Å²) >= 11 is 6.08. The lowest BCUT2D eigenvalue weighted by molar-refractivity contribution is -0.0719. The van der Waals surface area contributed by atoms with Crippen molar-refractivity contribution in [2.24, 2.45) is 0 Å². The maximum Gasteiger partial charge on any atom is 0.208 e. The molecule has 1 aromatic carbocycles. The second-order valence-corrected chi connectivity index (χ2v) is 5.80. The van der Waals surface area contributed by atoms with E-state index < -0.39 is 0 Å². The van der Waals surface area contributed by atoms with Crippen molar-refractivity contribution in [3.8, 4) is 0 Å². The number of hydrogen-bond donors (Lipinski definition) is 1. The van der Waals surface area contributed by atoms with Crippen LogP contribution in [0.3, 0.4) is 0 Å². The fraction of sp³-hybridized carbons (Fsp3) is 0.533. The molecule has 0 aromatic heterocycles. The number of rotatable bonds is 1. The van der Waals surface area contributed by atoms with Crippen molar-refractivity contribution in [1.29, 1.82) is 0 Å². The van der Waals surface area contributed by atoms with Crippen LogP contribution in [-0.2, 0) is 4.74 Å². The summed E-state index contributed by atoms with van der Waals surface area (Å²) in [6.45, 7) is 14.0. The van der Waals surface area contributed by atoms with E-state index in [0.29, 0.717) is 16.8 Å². The summed E-state index contributed by atoms with van der Waals surface area (Å²) < 4.78 is 6.03. The van der Waals surface area contributed by atoms with Gasteiger partial charge in [0.05, 0.1) is 19.3 Å². The average Bonchev–Trinajstić information content (AvgIpc) is 2.47. The van der Waals surface area contributed by atoms with E-state index in [0.717, 1.165) is 43.9 Å². The van der Waals surface area contributed by atoms with E-state index in [1.807, 2.05) is 19.1 Å². The molecule has 2 aliphatic rings. The summed E-state index contributed by atoms with van der Waals surface area (Å²) in [5.41, 5.74) is 2.60. The molecule has 0 spiro atoms. The van der Waals surface area contributed by atoms with E-state index in [-0.39, 0.29) is 6.10 Å². The van der Waals surface area contributed by atoms with Crippen molar-refractivity contribution in [3.05, 3.63) is 39.7 Å². The van der Waals surface area contributed by atoms with Gasteiger partial charge in [0.25, 0.3) is 0 Å². The van der Waals surface area contributed by atoms with Crippen LogP contribution in [0, 0.1) is 13.5 Å². The lowest BCUT2D eigenvalue weighted by Crippen LogP contribution is -2.57. The first-order valence-electron chi connectivity index (χ1n) is 6.93. The van der Waals surface area contributed by atoms with E-state index >= 15 is 0 Å². The summed E-state index contributed by atoms with van der Waals surface area (Å²) in [5.74, 6) is 0. The van der Waals surface area contributed by atoms with Gasteiger partial charge in [0, 0.05) is 37.2 Å². The molecule has 0 bridgehead atoms. The number of halogens is 1. The molecule has 2 atom stereocenters. The van der Waals surface area contributed by atoms with Crippen LogP contribution in [0.5, 0.6) is 0 Å². The topological polar surface area (TPSA) is 28.9 Å². The normalized spacial score (nSPS) is 26.9. The number of ether oxygens (including phenoxy) is 1. The van der Waals surface area contributed by atoms with Gasteiger partial charge in [0.2, 0.25) is 5.69 Å². The Kier molecular flexibility index (Phi) is 3.95. The molecule has 0 saturated carbocycles. The quantitative estimate of drug-likeness (QED) is 0.806. The first-order valence-corrected chi connectivity index (χ1v) is 7.31. The number of hydrogen-bond acceptors (Lipinski definition) is 3. The fourth-order valence-corrected chi connectivity index (χ4v) is 3.30. The number of nitrogens with one attached hydrogen (secondary N) is 1. The van der Waals surface area contributed by atoms with Gasteiger partial charge in [0.15, 0.2) is 0 Å². The summed E-state index contributed by atoms with van der Waals surface area (Å²) in [6.07, 6.45) is 0.0436. The van der Waals surface area contributed by atoms with Crippen molar-refractivity contribution in [2.75, 3.05) is 32.8 Å². The molecule has 3 rings (SSSR count). The smallest absolute Gasteiger partial charge is 0.208 e. The Labute approximate surface area is 124 Å². The highest BCUT2D eigenvalue weighted by atomic mass is 35.5. The molecule has 2 aliphatic heterocycles. The number of nitrogens with zero attached hydrogens (tertiary/aromatic N) is 2. The van der Waals surface area contributed by atoms with Crippen molar-refractivity contribution < 1.29 is 4.74 Å². The van der Waals surface area contributed by atoms with Crippen LogP contribution < -0.4 is 5.32 Å². The summed E-state index contributed by atoms with van der Waals surface area (Å²) in [7, 11) is 0. The lowest BCUT2D eigenvalue weighted by atomic mass is 9.99. The minimum Gasteiger partial charge on any atom is -0.371 e. The third-order valence-electron chi connectivity index (χ3n) is 4.24. The SMILES string of the molecule is [C-]#[N+]c1c(Cl)ccc([C@@H]2CN3CCNC[C@H]3CO2)c1C. The molecule has 4 nitrogen and oxygen atoms in total. The predicted octanol–water partition coefficient (Wildman–Crippen LogP) is 2.54. The van der Waals surface area contributed by atoms with E-state index in [1.54, 1.807) is 0 Å². The first kappa shape index (κ1) is 13.8. The molecular formula is C15H18ClN3O.